The van der Waals surface area contributed by atoms with Crippen LogP contribution in [0.3, 0.4) is 0 Å². The van der Waals surface area contributed by atoms with Crippen LogP contribution in [0.5, 0.6) is 0 Å². The van der Waals surface area contributed by atoms with Gasteiger partial charge in [-0.2, -0.15) is 13.9 Å². The maximum Gasteiger partial charge on any atom is 0.252 e. The number of piperidine rings is 1. The van der Waals surface area contributed by atoms with Crippen molar-refractivity contribution < 1.29 is 13.2 Å². The van der Waals surface area contributed by atoms with Crippen molar-refractivity contribution in [2.24, 2.45) is 5.92 Å². The minimum absolute atomic E-state index is 0.131. The molecule has 1 fully saturated rings. The Morgan fingerprint density at radius 1 is 1.19 bits per heavy atom. The topological polar surface area (TPSA) is 96.7 Å². The summed E-state index contributed by atoms with van der Waals surface area (Å²) in [4.78, 5) is 16.8. The van der Waals surface area contributed by atoms with Gasteiger partial charge in [-0.3, -0.25) is 4.79 Å². The van der Waals surface area contributed by atoms with Crippen LogP contribution in [-0.4, -0.2) is 46.3 Å². The number of hydrogen-bond acceptors (Lipinski definition) is 6. The van der Waals surface area contributed by atoms with E-state index in [-0.39, 0.29) is 11.8 Å². The van der Waals surface area contributed by atoms with E-state index >= 15 is 0 Å². The monoisotopic (exact) mass is 469 g/mol. The Morgan fingerprint density at radius 3 is 2.67 bits per heavy atom. The number of fused-ring (bicyclic) bond motifs is 1. The van der Waals surface area contributed by atoms with Crippen LogP contribution in [-0.2, 0) is 14.8 Å². The molecule has 0 bridgehead atoms. The zero-order valence-corrected chi connectivity index (χ0v) is 17.3. The summed E-state index contributed by atoms with van der Waals surface area (Å²) in [7, 11) is -3.50. The molecule has 142 valence electrons. The van der Waals surface area contributed by atoms with E-state index in [1.807, 2.05) is 0 Å². The number of nitrogens with one attached hydrogen (secondary N) is 1. The highest BCUT2D eigenvalue weighted by Gasteiger charge is 2.33. The molecule has 1 N–H and O–H groups in total. The van der Waals surface area contributed by atoms with Gasteiger partial charge < -0.3 is 5.32 Å². The number of carbonyl (C=O) groups is 1. The highest BCUT2D eigenvalue weighted by Crippen LogP contribution is 2.31. The van der Waals surface area contributed by atoms with Crippen LogP contribution in [0.25, 0.3) is 5.65 Å². The molecule has 11 heteroatoms. The van der Waals surface area contributed by atoms with Crippen molar-refractivity contribution in [3.05, 3.63) is 40.4 Å². The number of carbonyl (C=O) groups excluding carboxylic acids is 1. The molecule has 0 spiro atoms. The summed E-state index contributed by atoms with van der Waals surface area (Å²) in [6.07, 6.45) is 4.18. The van der Waals surface area contributed by atoms with Crippen molar-refractivity contribution in [2.75, 3.05) is 18.4 Å². The molecular weight excluding hydrogens is 454 g/mol. The third-order valence-corrected chi connectivity index (χ3v) is 8.50. The lowest BCUT2D eigenvalue weighted by atomic mass is 9.97. The van der Waals surface area contributed by atoms with Gasteiger partial charge in [0.05, 0.1) is 9.98 Å². The zero-order valence-electron chi connectivity index (χ0n) is 14.1. The smallest absolute Gasteiger partial charge is 0.252 e. The van der Waals surface area contributed by atoms with Crippen molar-refractivity contribution in [1.29, 1.82) is 0 Å². The number of halogens is 1. The molecule has 3 aromatic rings. The first kappa shape index (κ1) is 18.5. The van der Waals surface area contributed by atoms with E-state index in [1.165, 1.54) is 15.6 Å². The van der Waals surface area contributed by atoms with Gasteiger partial charge in [0.25, 0.3) is 10.0 Å². The van der Waals surface area contributed by atoms with Gasteiger partial charge in [-0.25, -0.2) is 13.4 Å². The molecule has 27 heavy (non-hydrogen) atoms. The van der Waals surface area contributed by atoms with Crippen molar-refractivity contribution in [3.8, 4) is 0 Å². The molecule has 0 saturated carbocycles. The molecule has 1 amide bonds. The van der Waals surface area contributed by atoms with Crippen LogP contribution in [0, 0.1) is 5.92 Å². The number of thiophene rings is 1. The molecule has 8 nitrogen and oxygen atoms in total. The normalized spacial score (nSPS) is 16.6. The van der Waals surface area contributed by atoms with Crippen molar-refractivity contribution in [3.63, 3.8) is 0 Å². The number of sulfonamides is 1. The van der Waals surface area contributed by atoms with Gasteiger partial charge in [-0.15, -0.1) is 11.3 Å². The van der Waals surface area contributed by atoms with E-state index in [2.05, 4.69) is 31.3 Å². The molecule has 4 rings (SSSR count). The third-order valence-electron chi connectivity index (χ3n) is 4.51. The second kappa shape index (κ2) is 7.30. The van der Waals surface area contributed by atoms with Gasteiger partial charge in [0.15, 0.2) is 5.65 Å². The molecule has 0 radical (unpaired) electrons. The third kappa shape index (κ3) is 3.64. The highest BCUT2D eigenvalue weighted by molar-refractivity contribution is 9.11. The van der Waals surface area contributed by atoms with Gasteiger partial charge in [-0.05, 0) is 47.0 Å². The van der Waals surface area contributed by atoms with Crippen LogP contribution < -0.4 is 5.32 Å². The summed E-state index contributed by atoms with van der Waals surface area (Å²) in [5.41, 5.74) is 0.649. The lowest BCUT2D eigenvalue weighted by Gasteiger charge is -2.30. The predicted octanol–water partition coefficient (Wildman–Crippen LogP) is 2.59. The summed E-state index contributed by atoms with van der Waals surface area (Å²) in [5.74, 6) is 0.174. The molecule has 3 aromatic heterocycles. The first-order chi connectivity index (χ1) is 12.9. The number of anilines is 1. The summed E-state index contributed by atoms with van der Waals surface area (Å²) >= 11 is 4.49. The van der Waals surface area contributed by atoms with E-state index in [0.717, 1.165) is 3.79 Å². The SMILES string of the molecule is O=C(Nc1ccnc2ccnn12)C1CCN(S(=O)(=O)c2ccc(Br)s2)CC1. The lowest BCUT2D eigenvalue weighted by Crippen LogP contribution is -2.41. The average molecular weight is 470 g/mol. The summed E-state index contributed by atoms with van der Waals surface area (Å²) in [6.45, 7) is 0.646. The van der Waals surface area contributed by atoms with Gasteiger partial charge in [-0.1, -0.05) is 0 Å². The van der Waals surface area contributed by atoms with Crippen LogP contribution >= 0.6 is 27.3 Å². The Morgan fingerprint density at radius 2 is 1.96 bits per heavy atom. The highest BCUT2D eigenvalue weighted by atomic mass is 79.9. The second-order valence-corrected chi connectivity index (χ2v) is 10.8. The Hall–Kier alpha value is -1.82. The van der Waals surface area contributed by atoms with Gasteiger partial charge in [0.2, 0.25) is 5.91 Å². The molecule has 1 aliphatic rings. The predicted molar refractivity (Wildman–Crippen MR) is 105 cm³/mol. The molecule has 0 aromatic carbocycles. The van der Waals surface area contributed by atoms with Crippen LogP contribution in [0.15, 0.2) is 44.7 Å². The van der Waals surface area contributed by atoms with Crippen molar-refractivity contribution >= 4 is 54.7 Å². The summed E-state index contributed by atoms with van der Waals surface area (Å²) in [5, 5.41) is 7.02. The quantitative estimate of drug-likeness (QED) is 0.633. The summed E-state index contributed by atoms with van der Waals surface area (Å²) < 4.78 is 29.5. The zero-order chi connectivity index (χ0) is 19.0. The lowest BCUT2D eigenvalue weighted by molar-refractivity contribution is -0.120. The molecular formula is C16H16BrN5O3S2. The molecule has 1 saturated heterocycles. The van der Waals surface area contributed by atoms with E-state index in [0.29, 0.717) is 41.6 Å². The van der Waals surface area contributed by atoms with E-state index in [9.17, 15) is 13.2 Å². The Bertz CT molecular complexity index is 1090. The fraction of sp³-hybridized carbons (Fsp3) is 0.312. The van der Waals surface area contributed by atoms with Gasteiger partial charge in [0, 0.05) is 31.3 Å². The fourth-order valence-corrected chi connectivity index (χ4v) is 6.71. The summed E-state index contributed by atoms with van der Waals surface area (Å²) in [6, 6.07) is 6.76. The van der Waals surface area contributed by atoms with Crippen LogP contribution in [0.4, 0.5) is 5.82 Å². The maximum atomic E-state index is 12.7. The average Bonchev–Trinajstić information content (AvgIpc) is 3.31. The number of rotatable bonds is 4. The minimum atomic E-state index is -3.50. The van der Waals surface area contributed by atoms with E-state index < -0.39 is 10.0 Å². The number of nitrogens with zero attached hydrogens (tertiary/aromatic N) is 4. The van der Waals surface area contributed by atoms with Gasteiger partial charge in [0.1, 0.15) is 10.0 Å². The Kier molecular flexibility index (Phi) is 5.01. The number of aromatic nitrogens is 3. The molecule has 0 atom stereocenters. The Balaban J connectivity index is 1.42. The molecule has 4 heterocycles. The minimum Gasteiger partial charge on any atom is -0.310 e. The fourth-order valence-electron chi connectivity index (χ4n) is 3.08. The maximum absolute atomic E-state index is 12.7. The number of hydrogen-bond donors (Lipinski definition) is 1. The van der Waals surface area contributed by atoms with Gasteiger partial charge >= 0.3 is 0 Å². The first-order valence-electron chi connectivity index (χ1n) is 8.30. The largest absolute Gasteiger partial charge is 0.310 e. The van der Waals surface area contributed by atoms with Crippen LogP contribution in [0.1, 0.15) is 12.8 Å². The van der Waals surface area contributed by atoms with Crippen molar-refractivity contribution in [1.82, 2.24) is 18.9 Å². The number of amides is 1. The molecule has 0 unspecified atom stereocenters. The molecule has 0 aliphatic carbocycles. The van der Waals surface area contributed by atoms with Crippen molar-refractivity contribution in [2.45, 2.75) is 17.1 Å². The second-order valence-electron chi connectivity index (χ2n) is 6.16. The van der Waals surface area contributed by atoms with E-state index in [1.54, 1.807) is 41.2 Å². The first-order valence-corrected chi connectivity index (χ1v) is 11.4. The standard InChI is InChI=1S/C16H16BrN5O3S2/c17-12-1-2-15(26-12)27(24,25)21-9-5-11(6-10-21)16(23)20-14-3-7-18-13-4-8-19-22(13)14/h1-4,7-8,11H,5-6,9-10H2,(H,20,23). The van der Waals surface area contributed by atoms with E-state index in [4.69, 9.17) is 0 Å². The van der Waals surface area contributed by atoms with Crippen LogP contribution in [0.2, 0.25) is 0 Å². The molecule has 1 aliphatic heterocycles. The Labute approximate surface area is 168 Å².